The number of aliphatic hydroxyl groups is 1. The quantitative estimate of drug-likeness (QED) is 0.484. The van der Waals surface area contributed by atoms with Crippen LogP contribution in [0.3, 0.4) is 0 Å². The minimum atomic E-state index is -5.36. The van der Waals surface area contributed by atoms with E-state index >= 15 is 0 Å². The lowest BCUT2D eigenvalue weighted by molar-refractivity contribution is -0.143. The van der Waals surface area contributed by atoms with Gasteiger partial charge in [0.25, 0.3) is 11.8 Å². The molecule has 1 saturated heterocycles. The number of alkyl halides is 5. The number of primary amides is 1. The maximum atomic E-state index is 14.7. The van der Waals surface area contributed by atoms with Crippen molar-refractivity contribution in [3.05, 3.63) is 40.7 Å². The van der Waals surface area contributed by atoms with E-state index in [1.54, 1.807) is 0 Å². The zero-order valence-electron chi connectivity index (χ0n) is 16.8. The minimum absolute atomic E-state index is 0.0375. The third-order valence-corrected chi connectivity index (χ3v) is 5.27. The van der Waals surface area contributed by atoms with Gasteiger partial charge in [-0.2, -0.15) is 27.1 Å². The van der Waals surface area contributed by atoms with E-state index in [2.05, 4.69) is 16.9 Å². The SMILES string of the molecule is CN1CC[C@@](O)(C#Cc2ccc3c(c2)-n2nc(C(N)=O)c(C(F)(F)F)c2C(F)(F)CO3)C1=O. The van der Waals surface area contributed by atoms with Crippen LogP contribution in [-0.4, -0.2) is 57.4 Å². The second-order valence-corrected chi connectivity index (χ2v) is 7.61. The van der Waals surface area contributed by atoms with Gasteiger partial charge < -0.3 is 20.5 Å². The van der Waals surface area contributed by atoms with Gasteiger partial charge in [-0.15, -0.1) is 0 Å². The summed E-state index contributed by atoms with van der Waals surface area (Å²) in [6, 6.07) is 3.58. The number of benzene rings is 1. The molecule has 8 nitrogen and oxygen atoms in total. The van der Waals surface area contributed by atoms with E-state index in [0.717, 1.165) is 6.07 Å². The highest BCUT2D eigenvalue weighted by atomic mass is 19.4. The van der Waals surface area contributed by atoms with Crippen LogP contribution in [0.5, 0.6) is 5.75 Å². The summed E-state index contributed by atoms with van der Waals surface area (Å²) in [4.78, 5) is 24.9. The molecule has 0 spiro atoms. The van der Waals surface area contributed by atoms with E-state index in [4.69, 9.17) is 10.5 Å². The lowest BCUT2D eigenvalue weighted by atomic mass is 10.0. The highest BCUT2D eigenvalue weighted by Gasteiger charge is 2.52. The molecular weight excluding hydrogens is 455 g/mol. The first-order valence-electron chi connectivity index (χ1n) is 9.41. The third kappa shape index (κ3) is 3.66. The summed E-state index contributed by atoms with van der Waals surface area (Å²) in [5.74, 6) is -1.73. The van der Waals surface area contributed by atoms with Gasteiger partial charge in [-0.3, -0.25) is 9.59 Å². The van der Waals surface area contributed by atoms with E-state index in [1.165, 1.54) is 24.1 Å². The van der Waals surface area contributed by atoms with Gasteiger partial charge in [0.15, 0.2) is 12.3 Å². The Morgan fingerprint density at radius 2 is 2.03 bits per heavy atom. The molecule has 2 aliphatic heterocycles. The fourth-order valence-electron chi connectivity index (χ4n) is 3.64. The van der Waals surface area contributed by atoms with Crippen molar-refractivity contribution in [1.29, 1.82) is 0 Å². The zero-order chi connectivity index (χ0) is 24.3. The second kappa shape index (κ2) is 7.17. The fourth-order valence-corrected chi connectivity index (χ4v) is 3.64. The number of carbonyl (C=O) groups is 2. The predicted molar refractivity (Wildman–Crippen MR) is 101 cm³/mol. The first kappa shape index (κ1) is 22.5. The van der Waals surface area contributed by atoms with Crippen LogP contribution in [0.4, 0.5) is 22.0 Å². The van der Waals surface area contributed by atoms with E-state index in [0.29, 0.717) is 0 Å². The Balaban J connectivity index is 1.90. The number of likely N-dealkylation sites (N-methyl/N-ethyl adjacent to an activating group) is 1. The molecule has 0 unspecified atom stereocenters. The van der Waals surface area contributed by atoms with Crippen LogP contribution in [0.25, 0.3) is 5.69 Å². The second-order valence-electron chi connectivity index (χ2n) is 7.61. The Morgan fingerprint density at radius 1 is 1.33 bits per heavy atom. The Kier molecular flexibility index (Phi) is 4.90. The van der Waals surface area contributed by atoms with E-state index in [9.17, 15) is 36.6 Å². The molecule has 0 bridgehead atoms. The number of amides is 2. The molecule has 1 atom stereocenters. The number of hydrogen-bond donors (Lipinski definition) is 2. The van der Waals surface area contributed by atoms with Crippen molar-refractivity contribution in [3.63, 3.8) is 0 Å². The highest BCUT2D eigenvalue weighted by molar-refractivity contribution is 5.93. The Morgan fingerprint density at radius 3 is 2.61 bits per heavy atom. The summed E-state index contributed by atoms with van der Waals surface area (Å²) in [5, 5.41) is 13.8. The maximum Gasteiger partial charge on any atom is 0.420 e. The Bertz CT molecular complexity index is 1240. The summed E-state index contributed by atoms with van der Waals surface area (Å²) in [6.07, 6.45) is -5.32. The summed E-state index contributed by atoms with van der Waals surface area (Å²) < 4.78 is 75.7. The summed E-state index contributed by atoms with van der Waals surface area (Å²) in [5.41, 5.74) is -2.18. The minimum Gasteiger partial charge on any atom is -0.485 e. The van der Waals surface area contributed by atoms with Gasteiger partial charge in [0.1, 0.15) is 22.7 Å². The van der Waals surface area contributed by atoms with Crippen LogP contribution in [0.2, 0.25) is 0 Å². The number of nitrogens with zero attached hydrogens (tertiary/aromatic N) is 3. The molecule has 0 radical (unpaired) electrons. The van der Waals surface area contributed by atoms with Gasteiger partial charge in [0.05, 0.1) is 0 Å². The molecule has 1 fully saturated rings. The number of rotatable bonds is 1. The molecule has 4 rings (SSSR count). The van der Waals surface area contributed by atoms with Crippen LogP contribution in [-0.2, 0) is 16.9 Å². The maximum absolute atomic E-state index is 14.7. The fraction of sp³-hybridized carbons (Fsp3) is 0.350. The molecule has 3 heterocycles. The van der Waals surface area contributed by atoms with Crippen molar-refractivity contribution in [2.24, 2.45) is 5.73 Å². The Labute approximate surface area is 182 Å². The third-order valence-electron chi connectivity index (χ3n) is 5.27. The summed E-state index contributed by atoms with van der Waals surface area (Å²) in [7, 11) is 1.48. The first-order chi connectivity index (χ1) is 15.2. The summed E-state index contributed by atoms with van der Waals surface area (Å²) in [6.45, 7) is -1.18. The number of halogens is 5. The standard InChI is InChI=1S/C20H15F5N4O4/c1-28-7-6-18(32,17(28)31)5-4-10-2-3-12-11(8-10)29-15(19(21,22)9-33-12)13(20(23,24)25)14(27-29)16(26)30/h2-3,8,32H,6-7,9H2,1H3,(H2,26,30)/t18-/m0/s1. The van der Waals surface area contributed by atoms with Crippen molar-refractivity contribution < 1.29 is 41.4 Å². The van der Waals surface area contributed by atoms with Crippen molar-refractivity contribution in [2.45, 2.75) is 24.1 Å². The van der Waals surface area contributed by atoms with Gasteiger partial charge in [0.2, 0.25) is 5.60 Å². The topological polar surface area (TPSA) is 111 Å². The molecule has 2 aromatic rings. The van der Waals surface area contributed by atoms with Crippen LogP contribution in [0.15, 0.2) is 18.2 Å². The molecule has 174 valence electrons. The zero-order valence-corrected chi connectivity index (χ0v) is 16.8. The smallest absolute Gasteiger partial charge is 0.420 e. The molecule has 0 aliphatic carbocycles. The normalized spacial score (nSPS) is 21.4. The molecule has 2 amide bonds. The van der Waals surface area contributed by atoms with E-state index < -0.39 is 53.1 Å². The van der Waals surface area contributed by atoms with Crippen LogP contribution < -0.4 is 10.5 Å². The first-order valence-corrected chi connectivity index (χ1v) is 9.41. The largest absolute Gasteiger partial charge is 0.485 e. The van der Waals surface area contributed by atoms with Crippen molar-refractivity contribution in [1.82, 2.24) is 14.7 Å². The molecule has 33 heavy (non-hydrogen) atoms. The van der Waals surface area contributed by atoms with Crippen LogP contribution in [0, 0.1) is 11.8 Å². The number of likely N-dealkylation sites (tertiary alicyclic amines) is 1. The monoisotopic (exact) mass is 470 g/mol. The van der Waals surface area contributed by atoms with E-state index in [1.807, 2.05) is 0 Å². The lowest BCUT2D eigenvalue weighted by Gasteiger charge is -2.17. The van der Waals surface area contributed by atoms with Gasteiger partial charge >= 0.3 is 12.1 Å². The summed E-state index contributed by atoms with van der Waals surface area (Å²) >= 11 is 0. The molecule has 2 aliphatic rings. The van der Waals surface area contributed by atoms with E-state index in [-0.39, 0.29) is 34.6 Å². The number of carbonyl (C=O) groups excluding carboxylic acids is 2. The molecular formula is C20H15F5N4O4. The average Bonchev–Trinajstić information content (AvgIpc) is 3.24. The lowest BCUT2D eigenvalue weighted by Crippen LogP contribution is -2.37. The van der Waals surface area contributed by atoms with Gasteiger partial charge in [-0.25, -0.2) is 4.68 Å². The van der Waals surface area contributed by atoms with Gasteiger partial charge in [-0.1, -0.05) is 11.8 Å². The van der Waals surface area contributed by atoms with Crippen LogP contribution >= 0.6 is 0 Å². The number of fused-ring (bicyclic) bond motifs is 3. The molecule has 0 saturated carbocycles. The number of ether oxygens (including phenoxy) is 1. The molecule has 1 aromatic carbocycles. The number of nitrogens with two attached hydrogens (primary N) is 1. The number of hydrogen-bond acceptors (Lipinski definition) is 5. The Hall–Kier alpha value is -3.66. The van der Waals surface area contributed by atoms with Crippen molar-refractivity contribution in [3.8, 4) is 23.3 Å². The molecule has 3 N–H and O–H groups in total. The number of aromatic nitrogens is 2. The predicted octanol–water partition coefficient (Wildman–Crippen LogP) is 1.42. The highest BCUT2D eigenvalue weighted by Crippen LogP contribution is 2.45. The average molecular weight is 470 g/mol. The molecule has 1 aromatic heterocycles. The van der Waals surface area contributed by atoms with Crippen LogP contribution in [0.1, 0.15) is 33.7 Å². The van der Waals surface area contributed by atoms with Gasteiger partial charge in [0, 0.05) is 25.6 Å². The van der Waals surface area contributed by atoms with Gasteiger partial charge in [-0.05, 0) is 18.2 Å². The van der Waals surface area contributed by atoms with Crippen molar-refractivity contribution >= 4 is 11.8 Å². The van der Waals surface area contributed by atoms with Crippen molar-refractivity contribution in [2.75, 3.05) is 20.2 Å². The molecule has 13 heteroatoms.